The molecule has 0 fully saturated rings. The minimum atomic E-state index is -0.911. The smallest absolute Gasteiger partial charge is 0.338 e. The van der Waals surface area contributed by atoms with E-state index in [1.165, 1.54) is 0 Å². The molecule has 3 nitrogen and oxygen atoms in total. The number of H-pyrrole nitrogens is 1. The van der Waals surface area contributed by atoms with Crippen LogP contribution in [0.25, 0.3) is 10.9 Å². The second-order valence-corrected chi connectivity index (χ2v) is 3.30. The predicted molar refractivity (Wildman–Crippen MR) is 57.9 cm³/mol. The van der Waals surface area contributed by atoms with Gasteiger partial charge in [-0.1, -0.05) is 18.2 Å². The number of hydrogen-bond acceptors (Lipinski definition) is 2. The van der Waals surface area contributed by atoms with Gasteiger partial charge in [-0.3, -0.25) is 0 Å². The molecule has 0 bridgehead atoms. The highest BCUT2D eigenvalue weighted by atomic mass is 32.1. The zero-order valence-corrected chi connectivity index (χ0v) is 8.21. The highest BCUT2D eigenvalue weighted by Gasteiger charge is 2.15. The summed E-state index contributed by atoms with van der Waals surface area (Å²) in [4.78, 5) is 14.0. The summed E-state index contributed by atoms with van der Waals surface area (Å²) < 4.78 is 0. The van der Waals surface area contributed by atoms with Crippen LogP contribution in [-0.2, 0) is 5.75 Å². The Morgan fingerprint density at radius 2 is 2.14 bits per heavy atom. The minimum Gasteiger partial charge on any atom is -0.478 e. The van der Waals surface area contributed by atoms with Crippen LogP contribution in [0.3, 0.4) is 0 Å². The summed E-state index contributed by atoms with van der Waals surface area (Å²) in [5, 5.41) is 9.77. The van der Waals surface area contributed by atoms with Gasteiger partial charge in [0.15, 0.2) is 0 Å². The van der Waals surface area contributed by atoms with Crippen molar-refractivity contribution in [3.05, 3.63) is 35.5 Å². The molecule has 0 spiro atoms. The maximum Gasteiger partial charge on any atom is 0.338 e. The number of carbonyl (C=O) groups is 1. The molecule has 1 heterocycles. The van der Waals surface area contributed by atoms with Gasteiger partial charge in [-0.2, -0.15) is 12.6 Å². The van der Waals surface area contributed by atoms with Gasteiger partial charge in [-0.05, 0) is 6.07 Å². The van der Waals surface area contributed by atoms with E-state index in [4.69, 9.17) is 5.11 Å². The van der Waals surface area contributed by atoms with Gasteiger partial charge in [0, 0.05) is 22.3 Å². The van der Waals surface area contributed by atoms with Gasteiger partial charge in [0.1, 0.15) is 0 Å². The van der Waals surface area contributed by atoms with Gasteiger partial charge in [0.05, 0.1) is 5.56 Å². The Kier molecular flexibility index (Phi) is 2.21. The summed E-state index contributed by atoms with van der Waals surface area (Å²) >= 11 is 4.09. The number of carboxylic acids is 1. The Hall–Kier alpha value is -1.42. The quantitative estimate of drug-likeness (QED) is 0.662. The highest BCUT2D eigenvalue weighted by molar-refractivity contribution is 7.79. The number of aromatic nitrogens is 1. The fourth-order valence-electron chi connectivity index (χ4n) is 1.56. The van der Waals surface area contributed by atoms with Crippen molar-refractivity contribution >= 4 is 29.5 Å². The summed E-state index contributed by atoms with van der Waals surface area (Å²) in [6.45, 7) is 0. The average Bonchev–Trinajstić information content (AvgIpc) is 2.55. The van der Waals surface area contributed by atoms with E-state index < -0.39 is 5.97 Å². The number of benzene rings is 1. The van der Waals surface area contributed by atoms with Gasteiger partial charge < -0.3 is 10.1 Å². The van der Waals surface area contributed by atoms with Gasteiger partial charge >= 0.3 is 5.97 Å². The Morgan fingerprint density at radius 3 is 2.79 bits per heavy atom. The molecule has 0 amide bonds. The van der Waals surface area contributed by atoms with E-state index >= 15 is 0 Å². The van der Waals surface area contributed by atoms with Crippen LogP contribution >= 0.6 is 12.6 Å². The molecule has 1 aromatic heterocycles. The number of rotatable bonds is 2. The van der Waals surface area contributed by atoms with E-state index in [-0.39, 0.29) is 0 Å². The first kappa shape index (κ1) is 9.15. The van der Waals surface area contributed by atoms with Gasteiger partial charge in [0.2, 0.25) is 0 Å². The molecule has 2 aromatic rings. The van der Waals surface area contributed by atoms with Gasteiger partial charge in [0.25, 0.3) is 0 Å². The number of aromatic amines is 1. The fraction of sp³-hybridized carbons (Fsp3) is 0.100. The lowest BCUT2D eigenvalue weighted by Crippen LogP contribution is -1.98. The summed E-state index contributed by atoms with van der Waals surface area (Å²) in [6, 6.07) is 7.34. The van der Waals surface area contributed by atoms with Crippen molar-refractivity contribution in [1.82, 2.24) is 4.98 Å². The van der Waals surface area contributed by atoms with Crippen molar-refractivity contribution < 1.29 is 9.90 Å². The highest BCUT2D eigenvalue weighted by Crippen LogP contribution is 2.23. The molecule has 0 atom stereocenters. The predicted octanol–water partition coefficient (Wildman–Crippen LogP) is 2.30. The molecular formula is C10H9NO2S. The van der Waals surface area contributed by atoms with E-state index in [0.717, 1.165) is 10.9 Å². The van der Waals surface area contributed by atoms with Crippen LogP contribution in [0.1, 0.15) is 16.1 Å². The van der Waals surface area contributed by atoms with Crippen molar-refractivity contribution in [3.63, 3.8) is 0 Å². The topological polar surface area (TPSA) is 53.1 Å². The zero-order valence-electron chi connectivity index (χ0n) is 7.32. The van der Waals surface area contributed by atoms with Crippen LogP contribution in [0.2, 0.25) is 0 Å². The lowest BCUT2D eigenvalue weighted by Gasteiger charge is -1.94. The van der Waals surface area contributed by atoms with E-state index in [1.807, 2.05) is 18.2 Å². The number of carboxylic acid groups (broad SMARTS) is 1. The lowest BCUT2D eigenvalue weighted by molar-refractivity contribution is 0.0698. The van der Waals surface area contributed by atoms with Crippen LogP contribution in [-0.4, -0.2) is 16.1 Å². The number of hydrogen-bond donors (Lipinski definition) is 3. The van der Waals surface area contributed by atoms with Crippen LogP contribution < -0.4 is 0 Å². The monoisotopic (exact) mass is 207 g/mol. The van der Waals surface area contributed by atoms with Gasteiger partial charge in [-0.15, -0.1) is 0 Å². The second kappa shape index (κ2) is 3.38. The Morgan fingerprint density at radius 1 is 1.43 bits per heavy atom. The van der Waals surface area contributed by atoms with E-state index in [2.05, 4.69) is 17.6 Å². The molecule has 0 aliphatic heterocycles. The van der Waals surface area contributed by atoms with E-state index in [1.54, 1.807) is 6.07 Å². The Bertz CT molecular complexity index is 490. The molecule has 2 rings (SSSR count). The molecule has 14 heavy (non-hydrogen) atoms. The Labute approximate surface area is 86.2 Å². The van der Waals surface area contributed by atoms with E-state index in [0.29, 0.717) is 17.0 Å². The average molecular weight is 207 g/mol. The minimum absolute atomic E-state index is 0.329. The molecule has 0 saturated heterocycles. The second-order valence-electron chi connectivity index (χ2n) is 2.99. The molecule has 72 valence electrons. The molecule has 0 saturated carbocycles. The normalized spacial score (nSPS) is 10.6. The van der Waals surface area contributed by atoms with E-state index in [9.17, 15) is 4.79 Å². The molecule has 0 aliphatic carbocycles. The number of nitrogens with one attached hydrogen (secondary N) is 1. The maximum atomic E-state index is 11.0. The van der Waals surface area contributed by atoms with Crippen molar-refractivity contribution in [1.29, 1.82) is 0 Å². The van der Waals surface area contributed by atoms with Crippen LogP contribution in [0.15, 0.2) is 24.3 Å². The van der Waals surface area contributed by atoms with Crippen molar-refractivity contribution in [3.8, 4) is 0 Å². The number of fused-ring (bicyclic) bond motifs is 1. The summed E-state index contributed by atoms with van der Waals surface area (Å²) in [5.41, 5.74) is 1.83. The molecule has 0 unspecified atom stereocenters. The SMILES string of the molecule is O=C(O)c1c(CS)[nH]c2ccccc12. The Balaban J connectivity index is 2.81. The standard InChI is InChI=1S/C10H9NO2S/c12-10(13)9-6-3-1-2-4-7(6)11-8(9)5-14/h1-4,11,14H,5H2,(H,12,13). The first-order valence-corrected chi connectivity index (χ1v) is 4.81. The zero-order chi connectivity index (χ0) is 10.1. The van der Waals surface area contributed by atoms with Gasteiger partial charge in [-0.25, -0.2) is 4.79 Å². The molecule has 4 heteroatoms. The van der Waals surface area contributed by atoms with Crippen molar-refractivity contribution in [2.45, 2.75) is 5.75 Å². The lowest BCUT2D eigenvalue weighted by atomic mass is 10.1. The van der Waals surface area contributed by atoms with Crippen molar-refractivity contribution in [2.24, 2.45) is 0 Å². The number of aromatic carboxylic acids is 1. The van der Waals surface area contributed by atoms with Crippen molar-refractivity contribution in [2.75, 3.05) is 0 Å². The van der Waals surface area contributed by atoms with Crippen LogP contribution in [0, 0.1) is 0 Å². The maximum absolute atomic E-state index is 11.0. The summed E-state index contributed by atoms with van der Waals surface area (Å²) in [6.07, 6.45) is 0. The molecule has 0 aliphatic rings. The largest absolute Gasteiger partial charge is 0.478 e. The fourth-order valence-corrected chi connectivity index (χ4v) is 1.80. The molecule has 1 aromatic carbocycles. The number of thiol groups is 1. The van der Waals surface area contributed by atoms with Crippen LogP contribution in [0.5, 0.6) is 0 Å². The summed E-state index contributed by atoms with van der Waals surface area (Å²) in [7, 11) is 0. The molecule has 2 N–H and O–H groups in total. The molecular weight excluding hydrogens is 198 g/mol. The first-order chi connectivity index (χ1) is 6.74. The van der Waals surface area contributed by atoms with Crippen LogP contribution in [0.4, 0.5) is 0 Å². The number of para-hydroxylation sites is 1. The third kappa shape index (κ3) is 1.28. The third-order valence-corrected chi connectivity index (χ3v) is 2.47. The third-order valence-electron chi connectivity index (χ3n) is 2.16. The summed E-state index contributed by atoms with van der Waals surface area (Å²) in [5.74, 6) is -0.512. The molecule has 0 radical (unpaired) electrons. The first-order valence-electron chi connectivity index (χ1n) is 4.17.